The molecule has 3 N–H and O–H groups in total. The summed E-state index contributed by atoms with van der Waals surface area (Å²) in [6.45, 7) is 3.37. The lowest BCUT2D eigenvalue weighted by molar-refractivity contribution is -0.115. The molecule has 2 amide bonds. The van der Waals surface area contributed by atoms with E-state index in [0.29, 0.717) is 28.1 Å². The SMILES string of the molecule is CC(C)(O)c1ccc(C(=O)NCc2ccc(-c3ccnc4c3CC(=O)N4)cc2F)cc1. The Hall–Kier alpha value is -3.58. The first-order chi connectivity index (χ1) is 14.7. The van der Waals surface area contributed by atoms with E-state index in [2.05, 4.69) is 15.6 Å². The van der Waals surface area contributed by atoms with Gasteiger partial charge in [-0.25, -0.2) is 9.37 Å². The van der Waals surface area contributed by atoms with Crippen molar-refractivity contribution in [3.05, 3.63) is 82.8 Å². The first-order valence-electron chi connectivity index (χ1n) is 9.90. The monoisotopic (exact) mass is 419 g/mol. The summed E-state index contributed by atoms with van der Waals surface area (Å²) >= 11 is 0. The van der Waals surface area contributed by atoms with Crippen LogP contribution < -0.4 is 10.6 Å². The zero-order valence-corrected chi connectivity index (χ0v) is 17.2. The number of benzene rings is 2. The molecule has 0 saturated carbocycles. The summed E-state index contributed by atoms with van der Waals surface area (Å²) in [6, 6.07) is 13.2. The van der Waals surface area contributed by atoms with Crippen molar-refractivity contribution in [1.82, 2.24) is 10.3 Å². The molecule has 2 heterocycles. The summed E-state index contributed by atoms with van der Waals surface area (Å²) in [6.07, 6.45) is 1.79. The van der Waals surface area contributed by atoms with E-state index < -0.39 is 11.4 Å². The van der Waals surface area contributed by atoms with Gasteiger partial charge in [-0.3, -0.25) is 9.59 Å². The zero-order chi connectivity index (χ0) is 22.2. The van der Waals surface area contributed by atoms with E-state index in [1.807, 2.05) is 0 Å². The van der Waals surface area contributed by atoms with Crippen LogP contribution in [-0.2, 0) is 23.4 Å². The average Bonchev–Trinajstić information content (AvgIpc) is 3.12. The van der Waals surface area contributed by atoms with Gasteiger partial charge in [0.25, 0.3) is 5.91 Å². The summed E-state index contributed by atoms with van der Waals surface area (Å²) in [5.74, 6) is -0.402. The molecule has 0 atom stereocenters. The molecule has 6 nitrogen and oxygen atoms in total. The number of rotatable bonds is 5. The highest BCUT2D eigenvalue weighted by molar-refractivity contribution is 6.00. The molecule has 2 aromatic carbocycles. The van der Waals surface area contributed by atoms with E-state index in [1.165, 1.54) is 6.07 Å². The number of halogens is 1. The molecule has 7 heteroatoms. The number of aromatic nitrogens is 1. The van der Waals surface area contributed by atoms with Gasteiger partial charge in [-0.2, -0.15) is 0 Å². The Morgan fingerprint density at radius 3 is 2.61 bits per heavy atom. The van der Waals surface area contributed by atoms with E-state index in [-0.39, 0.29) is 24.8 Å². The van der Waals surface area contributed by atoms with Crippen LogP contribution >= 0.6 is 0 Å². The zero-order valence-electron chi connectivity index (χ0n) is 17.2. The third-order valence-electron chi connectivity index (χ3n) is 5.31. The number of nitrogens with one attached hydrogen (secondary N) is 2. The first kappa shape index (κ1) is 20.7. The number of hydrogen-bond donors (Lipinski definition) is 3. The highest BCUT2D eigenvalue weighted by Gasteiger charge is 2.23. The minimum atomic E-state index is -0.988. The molecule has 0 fully saturated rings. The minimum Gasteiger partial charge on any atom is -0.386 e. The van der Waals surface area contributed by atoms with Crippen molar-refractivity contribution < 1.29 is 19.1 Å². The number of pyridine rings is 1. The lowest BCUT2D eigenvalue weighted by Crippen LogP contribution is -2.23. The second-order valence-electron chi connectivity index (χ2n) is 8.04. The van der Waals surface area contributed by atoms with Crippen LogP contribution in [0.4, 0.5) is 10.2 Å². The van der Waals surface area contributed by atoms with Gasteiger partial charge < -0.3 is 15.7 Å². The molecule has 0 spiro atoms. The number of carbonyl (C=O) groups excluding carboxylic acids is 2. The van der Waals surface area contributed by atoms with E-state index in [1.54, 1.807) is 62.5 Å². The molecule has 0 saturated heterocycles. The van der Waals surface area contributed by atoms with Gasteiger partial charge in [-0.1, -0.05) is 24.3 Å². The second-order valence-corrected chi connectivity index (χ2v) is 8.04. The average molecular weight is 419 g/mol. The fourth-order valence-corrected chi connectivity index (χ4v) is 3.55. The van der Waals surface area contributed by atoms with Crippen LogP contribution in [0, 0.1) is 5.82 Å². The van der Waals surface area contributed by atoms with Gasteiger partial charge in [0.05, 0.1) is 12.0 Å². The molecule has 1 aromatic heterocycles. The predicted molar refractivity (Wildman–Crippen MR) is 115 cm³/mol. The summed E-state index contributed by atoms with van der Waals surface area (Å²) < 4.78 is 14.7. The molecule has 0 bridgehead atoms. The Balaban J connectivity index is 1.47. The Labute approximate surface area is 179 Å². The maximum atomic E-state index is 14.7. The fraction of sp³-hybridized carbons (Fsp3) is 0.208. The number of anilines is 1. The highest BCUT2D eigenvalue weighted by Crippen LogP contribution is 2.32. The van der Waals surface area contributed by atoms with E-state index >= 15 is 0 Å². The third kappa shape index (κ3) is 4.32. The van der Waals surface area contributed by atoms with Gasteiger partial charge in [0.2, 0.25) is 5.91 Å². The van der Waals surface area contributed by atoms with Crippen molar-refractivity contribution in [1.29, 1.82) is 0 Å². The molecule has 1 aliphatic heterocycles. The highest BCUT2D eigenvalue weighted by atomic mass is 19.1. The lowest BCUT2D eigenvalue weighted by Gasteiger charge is -2.17. The van der Waals surface area contributed by atoms with Gasteiger partial charge in [0.15, 0.2) is 0 Å². The van der Waals surface area contributed by atoms with Gasteiger partial charge in [0.1, 0.15) is 11.6 Å². The summed E-state index contributed by atoms with van der Waals surface area (Å²) in [4.78, 5) is 28.2. The Bertz CT molecular complexity index is 1170. The maximum Gasteiger partial charge on any atom is 0.251 e. The minimum absolute atomic E-state index is 0.0344. The number of amides is 2. The fourth-order valence-electron chi connectivity index (χ4n) is 3.55. The molecule has 3 aromatic rings. The van der Waals surface area contributed by atoms with Crippen molar-refractivity contribution in [3.63, 3.8) is 0 Å². The normalized spacial score (nSPS) is 13.0. The quantitative estimate of drug-likeness (QED) is 0.590. The van der Waals surface area contributed by atoms with Crippen molar-refractivity contribution in [3.8, 4) is 11.1 Å². The van der Waals surface area contributed by atoms with Crippen molar-refractivity contribution in [2.24, 2.45) is 0 Å². The van der Waals surface area contributed by atoms with Gasteiger partial charge >= 0.3 is 0 Å². The smallest absolute Gasteiger partial charge is 0.251 e. The van der Waals surface area contributed by atoms with Crippen molar-refractivity contribution in [2.45, 2.75) is 32.4 Å². The number of carbonyl (C=O) groups is 2. The molecule has 158 valence electrons. The first-order valence-corrected chi connectivity index (χ1v) is 9.90. The Kier molecular flexibility index (Phi) is 5.29. The number of nitrogens with zero attached hydrogens (tertiary/aromatic N) is 1. The molecule has 0 unspecified atom stereocenters. The molecule has 31 heavy (non-hydrogen) atoms. The van der Waals surface area contributed by atoms with Crippen LogP contribution in [0.2, 0.25) is 0 Å². The van der Waals surface area contributed by atoms with E-state index in [0.717, 1.165) is 11.1 Å². The topological polar surface area (TPSA) is 91.3 Å². The maximum absolute atomic E-state index is 14.7. The Morgan fingerprint density at radius 2 is 1.94 bits per heavy atom. The molecular weight excluding hydrogens is 397 g/mol. The molecule has 0 aliphatic carbocycles. The number of fused-ring (bicyclic) bond motifs is 1. The molecular formula is C24H22FN3O3. The second kappa shape index (κ2) is 7.92. The van der Waals surface area contributed by atoms with Gasteiger partial charge in [-0.15, -0.1) is 0 Å². The third-order valence-corrected chi connectivity index (χ3v) is 5.31. The summed E-state index contributed by atoms with van der Waals surface area (Å²) in [7, 11) is 0. The number of aliphatic hydroxyl groups is 1. The van der Waals surface area contributed by atoms with E-state index in [9.17, 15) is 19.1 Å². The van der Waals surface area contributed by atoms with Gasteiger partial charge in [0, 0.05) is 29.4 Å². The van der Waals surface area contributed by atoms with Crippen LogP contribution in [0.25, 0.3) is 11.1 Å². The predicted octanol–water partition coefficient (Wildman–Crippen LogP) is 3.54. The number of hydrogen-bond acceptors (Lipinski definition) is 4. The Morgan fingerprint density at radius 1 is 1.19 bits per heavy atom. The molecule has 4 rings (SSSR count). The largest absolute Gasteiger partial charge is 0.386 e. The van der Waals surface area contributed by atoms with Crippen LogP contribution in [0.1, 0.15) is 40.9 Å². The van der Waals surface area contributed by atoms with Gasteiger partial charge in [-0.05, 0) is 54.8 Å². The lowest BCUT2D eigenvalue weighted by atomic mass is 9.97. The van der Waals surface area contributed by atoms with Crippen LogP contribution in [0.5, 0.6) is 0 Å². The van der Waals surface area contributed by atoms with Crippen LogP contribution in [-0.4, -0.2) is 21.9 Å². The molecule has 1 aliphatic rings. The molecule has 0 radical (unpaired) electrons. The summed E-state index contributed by atoms with van der Waals surface area (Å²) in [5.41, 5.74) is 2.64. The summed E-state index contributed by atoms with van der Waals surface area (Å²) in [5, 5.41) is 15.4. The van der Waals surface area contributed by atoms with Crippen LogP contribution in [0.15, 0.2) is 54.7 Å². The standard InChI is InChI=1S/C24H22FN3O3/c1-24(2,31)17-7-5-14(6-8-17)23(30)27-13-16-4-3-15(11-20(16)25)18-9-10-26-22-19(18)12-21(29)28-22/h3-11,31H,12-13H2,1-2H3,(H,27,30)(H,26,28,29). The van der Waals surface area contributed by atoms with E-state index in [4.69, 9.17) is 0 Å². The van der Waals surface area contributed by atoms with Crippen LogP contribution in [0.3, 0.4) is 0 Å². The van der Waals surface area contributed by atoms with Crippen molar-refractivity contribution in [2.75, 3.05) is 5.32 Å². The van der Waals surface area contributed by atoms with Crippen molar-refractivity contribution >= 4 is 17.6 Å².